The van der Waals surface area contributed by atoms with E-state index < -0.39 is 5.91 Å². The van der Waals surface area contributed by atoms with Gasteiger partial charge in [0.2, 0.25) is 0 Å². The Labute approximate surface area is 185 Å². The van der Waals surface area contributed by atoms with E-state index in [1.807, 2.05) is 6.07 Å². The number of aromatic nitrogens is 1. The van der Waals surface area contributed by atoms with Gasteiger partial charge in [-0.1, -0.05) is 23.4 Å². The molecule has 0 radical (unpaired) electrons. The van der Waals surface area contributed by atoms with Crippen molar-refractivity contribution in [3.8, 4) is 17.1 Å². The number of nitrogens with zero attached hydrogens (tertiary/aromatic N) is 2. The van der Waals surface area contributed by atoms with Gasteiger partial charge in [-0.25, -0.2) is 0 Å². The molecule has 0 saturated heterocycles. The maximum absolute atomic E-state index is 12.8. The first-order valence-electron chi connectivity index (χ1n) is 10.7. The molecule has 0 atom stereocenters. The highest BCUT2D eigenvalue weighted by Gasteiger charge is 2.25. The fraction of sp³-hybridized carbons (Fsp3) is 0.240. The summed E-state index contributed by atoms with van der Waals surface area (Å²) in [4.78, 5) is 26.5. The van der Waals surface area contributed by atoms with E-state index in [0.717, 1.165) is 18.4 Å². The van der Waals surface area contributed by atoms with Crippen LogP contribution in [-0.4, -0.2) is 30.1 Å². The van der Waals surface area contributed by atoms with Crippen molar-refractivity contribution in [2.24, 2.45) is 0 Å². The normalized spacial score (nSPS) is 14.9. The van der Waals surface area contributed by atoms with Crippen LogP contribution >= 0.6 is 0 Å². The Morgan fingerprint density at radius 1 is 1.12 bits per heavy atom. The summed E-state index contributed by atoms with van der Waals surface area (Å²) in [5, 5.41) is 6.77. The van der Waals surface area contributed by atoms with Crippen LogP contribution in [0.1, 0.15) is 34.5 Å². The zero-order chi connectivity index (χ0) is 22.1. The van der Waals surface area contributed by atoms with Crippen LogP contribution in [0.4, 0.5) is 11.4 Å². The molecule has 0 bridgehead atoms. The molecule has 2 aromatic carbocycles. The summed E-state index contributed by atoms with van der Waals surface area (Å²) in [7, 11) is 0. The predicted octanol–water partition coefficient (Wildman–Crippen LogP) is 4.38. The van der Waals surface area contributed by atoms with E-state index in [1.54, 1.807) is 35.2 Å². The number of carbonyl (C=O) groups excluding carboxylic acids is 2. The SMILES string of the molecule is C=CCN1C(=O)COc2ccc(NC(=O)c3cc(-c4ccc5c(c4)CCCC5)on3)cc21. The average Bonchev–Trinajstić information content (AvgIpc) is 3.31. The Hall–Kier alpha value is -3.87. The molecular weight excluding hydrogens is 406 g/mol. The van der Waals surface area contributed by atoms with E-state index in [1.165, 1.54) is 24.0 Å². The smallest absolute Gasteiger partial charge is 0.277 e. The van der Waals surface area contributed by atoms with Crippen molar-refractivity contribution in [2.45, 2.75) is 25.7 Å². The lowest BCUT2D eigenvalue weighted by Crippen LogP contribution is -2.38. The molecule has 1 aliphatic heterocycles. The van der Waals surface area contributed by atoms with Crippen molar-refractivity contribution in [1.82, 2.24) is 5.16 Å². The zero-order valence-corrected chi connectivity index (χ0v) is 17.6. The van der Waals surface area contributed by atoms with Gasteiger partial charge in [-0.3, -0.25) is 9.59 Å². The van der Waals surface area contributed by atoms with E-state index in [-0.39, 0.29) is 18.2 Å². The first-order chi connectivity index (χ1) is 15.6. The molecule has 1 aromatic heterocycles. The quantitative estimate of drug-likeness (QED) is 0.609. The van der Waals surface area contributed by atoms with Gasteiger partial charge < -0.3 is 19.5 Å². The zero-order valence-electron chi connectivity index (χ0n) is 17.6. The largest absolute Gasteiger partial charge is 0.482 e. The highest BCUT2D eigenvalue weighted by atomic mass is 16.5. The molecule has 0 saturated carbocycles. The van der Waals surface area contributed by atoms with Gasteiger partial charge in [-0.15, -0.1) is 6.58 Å². The fourth-order valence-electron chi connectivity index (χ4n) is 4.21. The first kappa shape index (κ1) is 20.1. The van der Waals surface area contributed by atoms with Crippen LogP contribution < -0.4 is 15.0 Å². The van der Waals surface area contributed by atoms with E-state index in [9.17, 15) is 9.59 Å². The molecule has 1 aliphatic carbocycles. The molecule has 2 heterocycles. The number of hydrogen-bond acceptors (Lipinski definition) is 5. The third-order valence-corrected chi connectivity index (χ3v) is 5.85. The molecule has 7 nitrogen and oxygen atoms in total. The molecule has 2 amide bonds. The summed E-state index contributed by atoms with van der Waals surface area (Å²) in [6.45, 7) is 4.04. The number of nitrogens with one attached hydrogen (secondary N) is 1. The predicted molar refractivity (Wildman–Crippen MR) is 121 cm³/mol. The van der Waals surface area contributed by atoms with E-state index >= 15 is 0 Å². The standard InChI is InChI=1S/C25H23N3O4/c1-2-11-28-21-13-19(9-10-22(21)31-15-24(28)29)26-25(30)20-14-23(32-27-20)18-8-7-16-5-3-4-6-17(16)12-18/h2,7-10,12-14H,1,3-6,11,15H2,(H,26,30). The third kappa shape index (κ3) is 3.77. The Bertz CT molecular complexity index is 1210. The molecular formula is C25H23N3O4. The summed E-state index contributed by atoms with van der Waals surface area (Å²) >= 11 is 0. The number of ether oxygens (including phenoxy) is 1. The summed E-state index contributed by atoms with van der Waals surface area (Å²) in [6, 6.07) is 13.1. The minimum absolute atomic E-state index is 0.0169. The highest BCUT2D eigenvalue weighted by Crippen LogP contribution is 2.35. The summed E-state index contributed by atoms with van der Waals surface area (Å²) < 4.78 is 10.9. The van der Waals surface area contributed by atoms with Crippen LogP contribution in [0.3, 0.4) is 0 Å². The van der Waals surface area contributed by atoms with Crippen molar-refractivity contribution >= 4 is 23.2 Å². The Morgan fingerprint density at radius 3 is 2.81 bits per heavy atom. The minimum Gasteiger partial charge on any atom is -0.482 e. The van der Waals surface area contributed by atoms with E-state index in [0.29, 0.717) is 29.4 Å². The molecule has 7 heteroatoms. The van der Waals surface area contributed by atoms with Gasteiger partial charge in [0.1, 0.15) is 5.75 Å². The van der Waals surface area contributed by atoms with Gasteiger partial charge in [0.05, 0.1) is 5.69 Å². The van der Waals surface area contributed by atoms with Gasteiger partial charge in [0.25, 0.3) is 11.8 Å². The minimum atomic E-state index is -0.392. The van der Waals surface area contributed by atoms with Crippen molar-refractivity contribution in [2.75, 3.05) is 23.4 Å². The molecule has 1 N–H and O–H groups in total. The van der Waals surface area contributed by atoms with Crippen LogP contribution in [0.5, 0.6) is 5.75 Å². The first-order valence-corrected chi connectivity index (χ1v) is 10.7. The lowest BCUT2D eigenvalue weighted by atomic mass is 9.90. The van der Waals surface area contributed by atoms with Crippen LogP contribution in [-0.2, 0) is 17.6 Å². The molecule has 0 spiro atoms. The van der Waals surface area contributed by atoms with Gasteiger partial charge in [0, 0.05) is 23.9 Å². The number of fused-ring (bicyclic) bond motifs is 2. The van der Waals surface area contributed by atoms with Crippen molar-refractivity contribution in [1.29, 1.82) is 0 Å². The average molecular weight is 429 g/mol. The number of carbonyl (C=O) groups is 2. The van der Waals surface area contributed by atoms with Gasteiger partial charge >= 0.3 is 0 Å². The monoisotopic (exact) mass is 429 g/mol. The van der Waals surface area contributed by atoms with Crippen LogP contribution in [0.2, 0.25) is 0 Å². The number of hydrogen-bond donors (Lipinski definition) is 1. The number of benzene rings is 2. The highest BCUT2D eigenvalue weighted by molar-refractivity contribution is 6.04. The molecule has 0 unspecified atom stereocenters. The number of anilines is 2. The topological polar surface area (TPSA) is 84.7 Å². The molecule has 5 rings (SSSR count). The molecule has 3 aromatic rings. The summed E-state index contributed by atoms with van der Waals surface area (Å²) in [5.74, 6) is 0.592. The van der Waals surface area contributed by atoms with Crippen LogP contribution in [0.15, 0.2) is 59.6 Å². The Balaban J connectivity index is 1.35. The van der Waals surface area contributed by atoms with Gasteiger partial charge in [0.15, 0.2) is 18.1 Å². The number of amides is 2. The lowest BCUT2D eigenvalue weighted by Gasteiger charge is -2.28. The Morgan fingerprint density at radius 2 is 1.97 bits per heavy atom. The fourth-order valence-corrected chi connectivity index (χ4v) is 4.21. The second-order valence-corrected chi connectivity index (χ2v) is 7.99. The second-order valence-electron chi connectivity index (χ2n) is 7.99. The third-order valence-electron chi connectivity index (χ3n) is 5.85. The molecule has 162 valence electrons. The summed E-state index contributed by atoms with van der Waals surface area (Å²) in [6.07, 6.45) is 6.25. The van der Waals surface area contributed by atoms with Crippen molar-refractivity contribution in [3.05, 3.63) is 71.9 Å². The Kier molecular flexibility index (Phi) is 5.23. The maximum Gasteiger partial charge on any atom is 0.277 e. The lowest BCUT2D eigenvalue weighted by molar-refractivity contribution is -0.121. The summed E-state index contributed by atoms with van der Waals surface area (Å²) in [5.41, 5.74) is 4.95. The van der Waals surface area contributed by atoms with Crippen molar-refractivity contribution in [3.63, 3.8) is 0 Å². The number of rotatable bonds is 5. The van der Waals surface area contributed by atoms with Crippen LogP contribution in [0.25, 0.3) is 11.3 Å². The second kappa shape index (κ2) is 8.34. The van der Waals surface area contributed by atoms with Crippen LogP contribution in [0, 0.1) is 0 Å². The number of aryl methyl sites for hydroxylation is 2. The van der Waals surface area contributed by atoms with E-state index in [4.69, 9.17) is 9.26 Å². The maximum atomic E-state index is 12.8. The molecule has 2 aliphatic rings. The van der Waals surface area contributed by atoms with Gasteiger partial charge in [-0.05, 0) is 61.1 Å². The van der Waals surface area contributed by atoms with E-state index in [2.05, 4.69) is 29.2 Å². The molecule has 32 heavy (non-hydrogen) atoms. The van der Waals surface area contributed by atoms with Crippen molar-refractivity contribution < 1.29 is 18.8 Å². The van der Waals surface area contributed by atoms with Gasteiger partial charge in [-0.2, -0.15) is 0 Å². The molecule has 0 fully saturated rings.